The predicted molar refractivity (Wildman–Crippen MR) is 84.7 cm³/mol. The topological polar surface area (TPSA) is 80.9 Å². The van der Waals surface area contributed by atoms with Gasteiger partial charge < -0.3 is 11.1 Å². The van der Waals surface area contributed by atoms with Gasteiger partial charge in [0.1, 0.15) is 5.82 Å². The highest BCUT2D eigenvalue weighted by atomic mass is 79.9. The van der Waals surface area contributed by atoms with Crippen molar-refractivity contribution >= 4 is 45.1 Å². The molecular formula is C13H13BrN4OS. The fourth-order valence-electron chi connectivity index (χ4n) is 1.51. The van der Waals surface area contributed by atoms with Crippen LogP contribution in [0.2, 0.25) is 0 Å². The summed E-state index contributed by atoms with van der Waals surface area (Å²) in [4.78, 5) is 20.2. The number of carbonyl (C=O) groups is 1. The van der Waals surface area contributed by atoms with Gasteiger partial charge in [0.05, 0.1) is 11.4 Å². The summed E-state index contributed by atoms with van der Waals surface area (Å²) in [7, 11) is 0. The van der Waals surface area contributed by atoms with E-state index in [1.54, 1.807) is 6.07 Å². The Morgan fingerprint density at radius 3 is 2.85 bits per heavy atom. The lowest BCUT2D eigenvalue weighted by Gasteiger charge is -2.07. The number of aromatic nitrogens is 2. The second-order valence-electron chi connectivity index (χ2n) is 4.03. The standard InChI is InChI=1S/C13H13BrN4OS/c1-8-6-11(15)18-13(16-8)20-7-12(19)17-10-5-3-2-4-9(10)14/h2-6H,7H2,1H3,(H,17,19)(H2,15,16,18). The number of halogens is 1. The van der Waals surface area contributed by atoms with Gasteiger partial charge in [-0.05, 0) is 35.0 Å². The Bertz CT molecular complexity index is 615. The molecule has 1 aromatic carbocycles. The molecule has 0 atom stereocenters. The summed E-state index contributed by atoms with van der Waals surface area (Å²) < 4.78 is 0.842. The fourth-order valence-corrected chi connectivity index (χ4v) is 2.60. The van der Waals surface area contributed by atoms with Crippen LogP contribution in [0.3, 0.4) is 0 Å². The molecule has 0 saturated carbocycles. The van der Waals surface area contributed by atoms with Crippen LogP contribution in [-0.2, 0) is 4.79 Å². The number of nitrogens with one attached hydrogen (secondary N) is 1. The van der Waals surface area contributed by atoms with E-state index >= 15 is 0 Å². The Morgan fingerprint density at radius 1 is 1.40 bits per heavy atom. The van der Waals surface area contributed by atoms with Crippen molar-refractivity contribution in [3.8, 4) is 0 Å². The third-order valence-corrected chi connectivity index (χ3v) is 3.87. The number of nitrogens with two attached hydrogens (primary N) is 1. The van der Waals surface area contributed by atoms with Gasteiger partial charge in [-0.1, -0.05) is 23.9 Å². The number of nitrogens with zero attached hydrogens (tertiary/aromatic N) is 2. The van der Waals surface area contributed by atoms with Crippen LogP contribution < -0.4 is 11.1 Å². The van der Waals surface area contributed by atoms with Crippen LogP contribution >= 0.6 is 27.7 Å². The molecule has 0 fully saturated rings. The molecule has 5 nitrogen and oxygen atoms in total. The number of para-hydroxylation sites is 1. The normalized spacial score (nSPS) is 10.3. The van der Waals surface area contributed by atoms with Gasteiger partial charge in [0.2, 0.25) is 5.91 Å². The highest BCUT2D eigenvalue weighted by Crippen LogP contribution is 2.22. The largest absolute Gasteiger partial charge is 0.384 e. The molecule has 0 saturated heterocycles. The summed E-state index contributed by atoms with van der Waals surface area (Å²) >= 11 is 4.63. The van der Waals surface area contributed by atoms with Crippen LogP contribution in [0, 0.1) is 6.92 Å². The fraction of sp³-hybridized carbons (Fsp3) is 0.154. The van der Waals surface area contributed by atoms with E-state index in [9.17, 15) is 4.79 Å². The van der Waals surface area contributed by atoms with Gasteiger partial charge in [-0.2, -0.15) is 0 Å². The molecule has 1 aromatic heterocycles. The Hall–Kier alpha value is -1.60. The number of rotatable bonds is 4. The number of anilines is 2. The second kappa shape index (κ2) is 6.71. The quantitative estimate of drug-likeness (QED) is 0.653. The minimum atomic E-state index is -0.120. The molecule has 3 N–H and O–H groups in total. The highest BCUT2D eigenvalue weighted by Gasteiger charge is 2.08. The molecule has 7 heteroatoms. The monoisotopic (exact) mass is 352 g/mol. The average Bonchev–Trinajstić information content (AvgIpc) is 2.38. The maximum Gasteiger partial charge on any atom is 0.234 e. The summed E-state index contributed by atoms with van der Waals surface area (Å²) in [5.74, 6) is 0.515. The molecule has 0 aliphatic carbocycles. The van der Waals surface area contributed by atoms with Crippen molar-refractivity contribution in [3.63, 3.8) is 0 Å². The molecule has 0 bridgehead atoms. The van der Waals surface area contributed by atoms with Crippen molar-refractivity contribution in [1.29, 1.82) is 0 Å². The number of thioether (sulfide) groups is 1. The SMILES string of the molecule is Cc1cc(N)nc(SCC(=O)Nc2ccccc2Br)n1. The first-order chi connectivity index (χ1) is 9.54. The second-order valence-corrected chi connectivity index (χ2v) is 5.83. The van der Waals surface area contributed by atoms with Crippen LogP contribution in [0.5, 0.6) is 0 Å². The minimum absolute atomic E-state index is 0.120. The molecule has 20 heavy (non-hydrogen) atoms. The number of aryl methyl sites for hydroxylation is 1. The first kappa shape index (κ1) is 14.8. The Balaban J connectivity index is 1.94. The van der Waals surface area contributed by atoms with Crippen LogP contribution in [0.4, 0.5) is 11.5 Å². The van der Waals surface area contributed by atoms with Crippen molar-refractivity contribution in [1.82, 2.24) is 9.97 Å². The van der Waals surface area contributed by atoms with E-state index in [2.05, 4.69) is 31.2 Å². The van der Waals surface area contributed by atoms with Gasteiger partial charge in [-0.25, -0.2) is 9.97 Å². The molecule has 0 spiro atoms. The van der Waals surface area contributed by atoms with Crippen LogP contribution in [-0.4, -0.2) is 21.6 Å². The lowest BCUT2D eigenvalue weighted by Crippen LogP contribution is -2.14. The third-order valence-electron chi connectivity index (χ3n) is 2.33. The molecule has 0 unspecified atom stereocenters. The summed E-state index contributed by atoms with van der Waals surface area (Å²) in [5.41, 5.74) is 7.16. The molecule has 0 aliphatic heterocycles. The van der Waals surface area contributed by atoms with Gasteiger partial charge in [-0.15, -0.1) is 0 Å². The van der Waals surface area contributed by atoms with Crippen molar-refractivity contribution in [2.75, 3.05) is 16.8 Å². The van der Waals surface area contributed by atoms with E-state index < -0.39 is 0 Å². The zero-order valence-electron chi connectivity index (χ0n) is 10.8. The van der Waals surface area contributed by atoms with Crippen LogP contribution in [0.25, 0.3) is 0 Å². The summed E-state index contributed by atoms with van der Waals surface area (Å²) in [6.45, 7) is 1.84. The van der Waals surface area contributed by atoms with Crippen molar-refractivity contribution < 1.29 is 4.79 Å². The van der Waals surface area contributed by atoms with E-state index in [4.69, 9.17) is 5.73 Å². The Kier molecular flexibility index (Phi) is 4.97. The van der Waals surface area contributed by atoms with E-state index in [1.807, 2.05) is 31.2 Å². The maximum absolute atomic E-state index is 11.9. The number of hydrogen-bond acceptors (Lipinski definition) is 5. The minimum Gasteiger partial charge on any atom is -0.384 e. The van der Waals surface area contributed by atoms with E-state index in [0.29, 0.717) is 11.0 Å². The molecule has 1 heterocycles. The van der Waals surface area contributed by atoms with Crippen molar-refractivity contribution in [2.24, 2.45) is 0 Å². The van der Waals surface area contributed by atoms with Gasteiger partial charge in [0.15, 0.2) is 5.16 Å². The van der Waals surface area contributed by atoms with E-state index in [1.165, 1.54) is 11.8 Å². The molecule has 1 amide bonds. The number of nitrogen functional groups attached to an aromatic ring is 1. The van der Waals surface area contributed by atoms with Crippen molar-refractivity contribution in [2.45, 2.75) is 12.1 Å². The average molecular weight is 353 g/mol. The summed E-state index contributed by atoms with van der Waals surface area (Å²) in [6, 6.07) is 9.13. The lowest BCUT2D eigenvalue weighted by atomic mass is 10.3. The summed E-state index contributed by atoms with van der Waals surface area (Å²) in [6.07, 6.45) is 0. The molecule has 0 aliphatic rings. The van der Waals surface area contributed by atoms with Crippen LogP contribution in [0.1, 0.15) is 5.69 Å². The molecular weight excluding hydrogens is 340 g/mol. The molecule has 104 valence electrons. The number of carbonyl (C=O) groups excluding carboxylic acids is 1. The summed E-state index contributed by atoms with van der Waals surface area (Å²) in [5, 5.41) is 3.32. The number of benzene rings is 1. The highest BCUT2D eigenvalue weighted by molar-refractivity contribution is 9.10. The number of amides is 1. The smallest absolute Gasteiger partial charge is 0.234 e. The van der Waals surface area contributed by atoms with Gasteiger partial charge in [-0.3, -0.25) is 4.79 Å². The zero-order chi connectivity index (χ0) is 14.5. The third kappa shape index (κ3) is 4.21. The van der Waals surface area contributed by atoms with Crippen molar-refractivity contribution in [3.05, 3.63) is 40.5 Å². The maximum atomic E-state index is 11.9. The Labute approximate surface area is 129 Å². The van der Waals surface area contributed by atoms with Gasteiger partial charge in [0.25, 0.3) is 0 Å². The molecule has 2 aromatic rings. The lowest BCUT2D eigenvalue weighted by molar-refractivity contribution is -0.113. The molecule has 0 radical (unpaired) electrons. The zero-order valence-corrected chi connectivity index (χ0v) is 13.2. The van der Waals surface area contributed by atoms with Gasteiger partial charge >= 0.3 is 0 Å². The molecule has 2 rings (SSSR count). The van der Waals surface area contributed by atoms with E-state index in [-0.39, 0.29) is 11.7 Å². The number of hydrogen-bond donors (Lipinski definition) is 2. The van der Waals surface area contributed by atoms with Gasteiger partial charge in [0, 0.05) is 16.2 Å². The van der Waals surface area contributed by atoms with E-state index in [0.717, 1.165) is 15.9 Å². The Morgan fingerprint density at radius 2 is 2.15 bits per heavy atom. The van der Waals surface area contributed by atoms with Crippen LogP contribution in [0.15, 0.2) is 40.0 Å². The predicted octanol–water partition coefficient (Wildman–Crippen LogP) is 2.86. The first-order valence-corrected chi connectivity index (χ1v) is 7.61. The first-order valence-electron chi connectivity index (χ1n) is 5.83.